The highest BCUT2D eigenvalue weighted by Gasteiger charge is 2.50. The van der Waals surface area contributed by atoms with Gasteiger partial charge in [-0.25, -0.2) is 0 Å². The normalized spacial score (nSPS) is 23.0. The topological polar surface area (TPSA) is 89.1 Å². The average Bonchev–Trinajstić information content (AvgIpc) is 3.59. The average molecular weight is 537 g/mol. The molecule has 0 bridgehead atoms. The maximum Gasteiger partial charge on any atom is 0.246 e. The number of hydrogen-bond donors (Lipinski definition) is 2. The van der Waals surface area contributed by atoms with Crippen LogP contribution in [0.5, 0.6) is 11.5 Å². The lowest BCUT2D eigenvalue weighted by Crippen LogP contribution is -2.65. The Morgan fingerprint density at radius 1 is 1.02 bits per heavy atom. The van der Waals surface area contributed by atoms with Crippen molar-refractivity contribution in [1.82, 2.24) is 19.7 Å². The number of para-hydroxylation sites is 1. The molecule has 2 N–H and O–H groups in total. The van der Waals surface area contributed by atoms with E-state index in [1.54, 1.807) is 17.0 Å². The molecule has 2 amide bonds. The quantitative estimate of drug-likeness (QED) is 0.405. The fourth-order valence-corrected chi connectivity index (χ4v) is 6.87. The number of methoxy groups -OCH3 is 1. The molecule has 0 aliphatic carbocycles. The van der Waals surface area contributed by atoms with Crippen LogP contribution in [0.2, 0.25) is 0 Å². The van der Waals surface area contributed by atoms with E-state index in [9.17, 15) is 14.7 Å². The molecule has 0 spiro atoms. The van der Waals surface area contributed by atoms with Crippen LogP contribution in [-0.2, 0) is 22.6 Å². The van der Waals surface area contributed by atoms with Crippen LogP contribution in [0.4, 0.5) is 0 Å². The molecule has 1 aromatic heterocycles. The molecule has 8 nitrogen and oxygen atoms in total. The second kappa shape index (κ2) is 9.71. The zero-order chi connectivity index (χ0) is 27.4. The van der Waals surface area contributed by atoms with Crippen LogP contribution in [-0.4, -0.2) is 75.4 Å². The summed E-state index contributed by atoms with van der Waals surface area (Å²) in [5, 5.41) is 11.7. The van der Waals surface area contributed by atoms with E-state index < -0.39 is 12.1 Å². The molecular weight excluding hydrogens is 504 g/mol. The van der Waals surface area contributed by atoms with Crippen LogP contribution < -0.4 is 4.74 Å². The highest BCUT2D eigenvalue weighted by molar-refractivity contribution is 5.98. The van der Waals surface area contributed by atoms with Gasteiger partial charge in [0.2, 0.25) is 11.8 Å². The lowest BCUT2D eigenvalue weighted by molar-refractivity contribution is -0.160. The van der Waals surface area contributed by atoms with Crippen LogP contribution in [0, 0.1) is 0 Å². The third-order valence-corrected chi connectivity index (χ3v) is 8.75. The van der Waals surface area contributed by atoms with Gasteiger partial charge in [0.15, 0.2) is 11.5 Å². The van der Waals surface area contributed by atoms with Gasteiger partial charge >= 0.3 is 0 Å². The van der Waals surface area contributed by atoms with E-state index >= 15 is 0 Å². The third kappa shape index (κ3) is 4.02. The highest BCUT2D eigenvalue weighted by atomic mass is 16.5. The fourth-order valence-electron chi connectivity index (χ4n) is 6.87. The van der Waals surface area contributed by atoms with Crippen molar-refractivity contribution in [2.45, 2.75) is 37.5 Å². The number of aromatic hydroxyl groups is 1. The monoisotopic (exact) mass is 536 g/mol. The standard InChI is InChI=1S/C32H32N4O4/c1-40-28-12-11-21(15-27(28)37)31-30-24(23-9-5-6-10-25(23)33-30)16-26-32(39)35(19-29(38)36(26)31)22-13-14-34(18-22)17-20-7-3-2-4-8-20/h2-12,15,22,26,31,33,37H,13-14,16-19H2,1H3/t22-,26-,31-/m1/s1. The number of aromatic amines is 1. The number of phenols is 1. The molecule has 204 valence electrons. The summed E-state index contributed by atoms with van der Waals surface area (Å²) in [6.45, 7) is 2.55. The number of H-pyrrole nitrogens is 1. The van der Waals surface area contributed by atoms with Crippen molar-refractivity contribution in [3.63, 3.8) is 0 Å². The van der Waals surface area contributed by atoms with E-state index in [1.807, 2.05) is 47.4 Å². The van der Waals surface area contributed by atoms with Crippen molar-refractivity contribution in [2.24, 2.45) is 0 Å². The number of piperazine rings is 1. The zero-order valence-electron chi connectivity index (χ0n) is 22.4. The van der Waals surface area contributed by atoms with Gasteiger partial charge in [0.25, 0.3) is 0 Å². The molecule has 0 unspecified atom stereocenters. The van der Waals surface area contributed by atoms with Gasteiger partial charge in [-0.1, -0.05) is 54.6 Å². The van der Waals surface area contributed by atoms with Crippen LogP contribution in [0.25, 0.3) is 10.9 Å². The van der Waals surface area contributed by atoms with E-state index in [-0.39, 0.29) is 30.2 Å². The molecule has 0 saturated carbocycles. The number of amides is 2. The first-order valence-corrected chi connectivity index (χ1v) is 13.9. The Kier molecular flexibility index (Phi) is 6.00. The summed E-state index contributed by atoms with van der Waals surface area (Å²) in [6, 6.07) is 22.5. The molecule has 4 aromatic rings. The molecule has 0 radical (unpaired) electrons. The summed E-state index contributed by atoms with van der Waals surface area (Å²) >= 11 is 0. The summed E-state index contributed by atoms with van der Waals surface area (Å²) in [4.78, 5) is 37.6. The molecule has 7 rings (SSSR count). The van der Waals surface area contributed by atoms with Gasteiger partial charge < -0.3 is 24.6 Å². The molecule has 3 aliphatic heterocycles. The Morgan fingerprint density at radius 3 is 2.62 bits per heavy atom. The Bertz CT molecular complexity index is 1600. The van der Waals surface area contributed by atoms with Crippen molar-refractivity contribution in [1.29, 1.82) is 0 Å². The minimum atomic E-state index is -0.606. The molecule has 3 aromatic carbocycles. The predicted molar refractivity (Wildman–Crippen MR) is 151 cm³/mol. The van der Waals surface area contributed by atoms with Gasteiger partial charge in [0.1, 0.15) is 12.6 Å². The summed E-state index contributed by atoms with van der Waals surface area (Å²) in [7, 11) is 1.51. The lowest BCUT2D eigenvalue weighted by Gasteiger charge is -2.48. The van der Waals surface area contributed by atoms with Crippen LogP contribution in [0.1, 0.15) is 34.8 Å². The Morgan fingerprint density at radius 2 is 1.82 bits per heavy atom. The van der Waals surface area contributed by atoms with Crippen LogP contribution >= 0.6 is 0 Å². The van der Waals surface area contributed by atoms with Gasteiger partial charge in [-0.2, -0.15) is 0 Å². The number of aromatic nitrogens is 1. The number of phenolic OH excluding ortho intramolecular Hbond substituents is 1. The van der Waals surface area contributed by atoms with E-state index in [4.69, 9.17) is 4.74 Å². The Balaban J connectivity index is 1.23. The van der Waals surface area contributed by atoms with E-state index in [0.717, 1.165) is 53.8 Å². The van der Waals surface area contributed by atoms with Gasteiger partial charge in [-0.05, 0) is 41.3 Å². The third-order valence-electron chi connectivity index (χ3n) is 8.75. The van der Waals surface area contributed by atoms with Gasteiger partial charge in [0, 0.05) is 48.7 Å². The number of carbonyl (C=O) groups excluding carboxylic acids is 2. The number of ether oxygens (including phenoxy) is 1. The number of benzene rings is 3. The minimum absolute atomic E-state index is 0.00154. The Labute approximate surface area is 232 Å². The van der Waals surface area contributed by atoms with Crippen molar-refractivity contribution < 1.29 is 19.4 Å². The van der Waals surface area contributed by atoms with Gasteiger partial charge in [-0.15, -0.1) is 0 Å². The highest BCUT2D eigenvalue weighted by Crippen LogP contribution is 2.44. The van der Waals surface area contributed by atoms with Crippen molar-refractivity contribution in [2.75, 3.05) is 26.7 Å². The van der Waals surface area contributed by atoms with E-state index in [0.29, 0.717) is 12.2 Å². The van der Waals surface area contributed by atoms with Crippen molar-refractivity contribution >= 4 is 22.7 Å². The SMILES string of the molecule is COc1ccc([C@@H]2c3[nH]c4ccccc4c3C[C@@H]3C(=O)N([C@@H]4CCN(Cc5ccccc5)C4)CC(=O)N23)cc1O. The zero-order valence-corrected chi connectivity index (χ0v) is 22.4. The summed E-state index contributed by atoms with van der Waals surface area (Å²) in [5.74, 6) is 0.295. The van der Waals surface area contributed by atoms with E-state index in [1.165, 1.54) is 12.7 Å². The molecule has 3 aliphatic rings. The smallest absolute Gasteiger partial charge is 0.246 e. The maximum atomic E-state index is 14.2. The number of hydrogen-bond acceptors (Lipinski definition) is 5. The molecular formula is C32H32N4O4. The first-order chi connectivity index (χ1) is 19.5. The second-order valence-electron chi connectivity index (χ2n) is 11.0. The van der Waals surface area contributed by atoms with Crippen molar-refractivity contribution in [3.8, 4) is 11.5 Å². The predicted octanol–water partition coefficient (Wildman–Crippen LogP) is 3.84. The van der Waals surface area contributed by atoms with E-state index in [2.05, 4.69) is 28.1 Å². The number of rotatable bonds is 5. The van der Waals surface area contributed by atoms with Crippen LogP contribution in [0.3, 0.4) is 0 Å². The molecule has 8 heteroatoms. The summed E-state index contributed by atoms with van der Waals surface area (Å²) in [6.07, 6.45) is 1.31. The van der Waals surface area contributed by atoms with Gasteiger partial charge in [0.05, 0.1) is 13.2 Å². The molecule has 2 fully saturated rings. The minimum Gasteiger partial charge on any atom is -0.504 e. The Hall–Kier alpha value is -4.30. The number of nitrogens with one attached hydrogen (secondary N) is 1. The fraction of sp³-hybridized carbons (Fsp3) is 0.312. The molecule has 40 heavy (non-hydrogen) atoms. The number of carbonyl (C=O) groups is 2. The molecule has 4 heterocycles. The lowest BCUT2D eigenvalue weighted by atomic mass is 9.85. The van der Waals surface area contributed by atoms with Crippen LogP contribution in [0.15, 0.2) is 72.8 Å². The first-order valence-electron chi connectivity index (χ1n) is 13.9. The number of nitrogens with zero attached hydrogens (tertiary/aromatic N) is 3. The number of fused-ring (bicyclic) bond motifs is 4. The number of likely N-dealkylation sites (tertiary alicyclic amines) is 1. The van der Waals surface area contributed by atoms with Crippen molar-refractivity contribution in [3.05, 3.63) is 95.2 Å². The maximum absolute atomic E-state index is 14.2. The molecule has 3 atom stereocenters. The molecule has 2 saturated heterocycles. The van der Waals surface area contributed by atoms with Gasteiger partial charge in [-0.3, -0.25) is 14.5 Å². The first kappa shape index (κ1) is 24.7. The second-order valence-corrected chi connectivity index (χ2v) is 11.0. The summed E-state index contributed by atoms with van der Waals surface area (Å²) < 4.78 is 5.26. The summed E-state index contributed by atoms with van der Waals surface area (Å²) in [5.41, 5.74) is 4.91. The largest absolute Gasteiger partial charge is 0.504 e.